The Morgan fingerprint density at radius 3 is 2.71 bits per heavy atom. The first kappa shape index (κ1) is 13.5. The van der Waals surface area contributed by atoms with Crippen LogP contribution in [0, 0.1) is 6.92 Å². The molecule has 0 bridgehead atoms. The van der Waals surface area contributed by atoms with Gasteiger partial charge in [0.15, 0.2) is 0 Å². The van der Waals surface area contributed by atoms with Crippen molar-refractivity contribution in [3.05, 3.63) is 65.5 Å². The van der Waals surface area contributed by atoms with Gasteiger partial charge in [-0.25, -0.2) is 10.4 Å². The Bertz CT molecular complexity index is 764. The van der Waals surface area contributed by atoms with Crippen LogP contribution in [0.5, 0.6) is 0 Å². The number of nitrogens with zero attached hydrogens (tertiary/aromatic N) is 2. The van der Waals surface area contributed by atoms with Crippen LogP contribution in [0.3, 0.4) is 0 Å². The second kappa shape index (κ2) is 5.47. The summed E-state index contributed by atoms with van der Waals surface area (Å²) in [6.07, 6.45) is 3.48. The minimum absolute atomic E-state index is 0.205. The van der Waals surface area contributed by atoms with Crippen LogP contribution in [-0.4, -0.2) is 9.97 Å². The summed E-state index contributed by atoms with van der Waals surface area (Å²) in [5.74, 6) is 6.26. The lowest BCUT2D eigenvalue weighted by Crippen LogP contribution is -2.30. The standard InChI is InChI=1S/C16H17N5/c1-10-6-8-20-16(17)14(10)15(21-18)12-4-5-13-11(9-12)3-2-7-19-13/h2-9,15,21H,18H2,1H3,(H2,17,20). The van der Waals surface area contributed by atoms with E-state index in [1.807, 2.05) is 37.3 Å². The molecule has 5 N–H and O–H groups in total. The van der Waals surface area contributed by atoms with E-state index in [2.05, 4.69) is 21.5 Å². The number of benzene rings is 1. The fourth-order valence-corrected chi connectivity index (χ4v) is 2.59. The zero-order valence-corrected chi connectivity index (χ0v) is 11.7. The summed E-state index contributed by atoms with van der Waals surface area (Å²) in [6, 6.07) is 11.7. The van der Waals surface area contributed by atoms with Crippen LogP contribution in [0.4, 0.5) is 5.82 Å². The van der Waals surface area contributed by atoms with E-state index in [1.165, 1.54) is 0 Å². The molecule has 5 nitrogen and oxygen atoms in total. The van der Waals surface area contributed by atoms with Crippen molar-refractivity contribution in [1.82, 2.24) is 15.4 Å². The molecular weight excluding hydrogens is 262 g/mol. The Morgan fingerprint density at radius 2 is 1.95 bits per heavy atom. The van der Waals surface area contributed by atoms with Crippen LogP contribution < -0.4 is 17.0 Å². The number of hydrogen-bond acceptors (Lipinski definition) is 5. The third-order valence-corrected chi connectivity index (χ3v) is 3.65. The summed E-state index contributed by atoms with van der Waals surface area (Å²) in [4.78, 5) is 8.49. The Balaban J connectivity index is 2.14. The fourth-order valence-electron chi connectivity index (χ4n) is 2.59. The zero-order valence-electron chi connectivity index (χ0n) is 11.7. The maximum Gasteiger partial charge on any atom is 0.128 e. The van der Waals surface area contributed by atoms with Gasteiger partial charge in [-0.2, -0.15) is 0 Å². The third-order valence-electron chi connectivity index (χ3n) is 3.65. The number of aromatic nitrogens is 2. The van der Waals surface area contributed by atoms with Crippen LogP contribution in [-0.2, 0) is 0 Å². The minimum atomic E-state index is -0.205. The fraction of sp³-hybridized carbons (Fsp3) is 0.125. The highest BCUT2D eigenvalue weighted by Crippen LogP contribution is 2.29. The molecule has 106 valence electrons. The summed E-state index contributed by atoms with van der Waals surface area (Å²) in [5, 5.41) is 1.07. The highest BCUT2D eigenvalue weighted by molar-refractivity contribution is 5.79. The maximum atomic E-state index is 6.03. The van der Waals surface area contributed by atoms with Crippen molar-refractivity contribution in [2.75, 3.05) is 5.73 Å². The van der Waals surface area contributed by atoms with E-state index < -0.39 is 0 Å². The molecule has 5 heteroatoms. The quantitative estimate of drug-likeness (QED) is 0.504. The van der Waals surface area contributed by atoms with Crippen LogP contribution in [0.15, 0.2) is 48.8 Å². The monoisotopic (exact) mass is 279 g/mol. The van der Waals surface area contributed by atoms with E-state index in [-0.39, 0.29) is 6.04 Å². The zero-order chi connectivity index (χ0) is 14.8. The van der Waals surface area contributed by atoms with Crippen molar-refractivity contribution in [1.29, 1.82) is 0 Å². The van der Waals surface area contributed by atoms with Crippen molar-refractivity contribution in [3.8, 4) is 0 Å². The summed E-state index contributed by atoms with van der Waals surface area (Å²) in [6.45, 7) is 2.00. The number of anilines is 1. The average molecular weight is 279 g/mol. The van der Waals surface area contributed by atoms with Gasteiger partial charge in [0.2, 0.25) is 0 Å². The first-order valence-corrected chi connectivity index (χ1v) is 6.72. The molecule has 0 spiro atoms. The Labute approximate surface area is 123 Å². The van der Waals surface area contributed by atoms with E-state index in [9.17, 15) is 0 Å². The molecule has 1 aromatic carbocycles. The van der Waals surface area contributed by atoms with E-state index in [0.29, 0.717) is 5.82 Å². The van der Waals surface area contributed by atoms with Crippen molar-refractivity contribution in [3.63, 3.8) is 0 Å². The molecule has 3 rings (SSSR count). The molecule has 2 heterocycles. The molecule has 21 heavy (non-hydrogen) atoms. The van der Waals surface area contributed by atoms with Crippen LogP contribution in [0.2, 0.25) is 0 Å². The number of fused-ring (bicyclic) bond motifs is 1. The average Bonchev–Trinajstić information content (AvgIpc) is 2.50. The largest absolute Gasteiger partial charge is 0.383 e. The number of hydrogen-bond donors (Lipinski definition) is 3. The molecule has 0 aliphatic heterocycles. The lowest BCUT2D eigenvalue weighted by Gasteiger charge is -2.20. The van der Waals surface area contributed by atoms with Gasteiger partial charge in [-0.15, -0.1) is 0 Å². The normalized spacial score (nSPS) is 12.5. The first-order chi connectivity index (χ1) is 10.2. The van der Waals surface area contributed by atoms with E-state index in [0.717, 1.165) is 27.6 Å². The summed E-state index contributed by atoms with van der Waals surface area (Å²) >= 11 is 0. The number of nitrogen functional groups attached to an aromatic ring is 1. The number of aryl methyl sites for hydroxylation is 1. The molecular formula is C16H17N5. The van der Waals surface area contributed by atoms with Gasteiger partial charge in [0.1, 0.15) is 5.82 Å². The van der Waals surface area contributed by atoms with Gasteiger partial charge < -0.3 is 5.73 Å². The number of nitrogens with one attached hydrogen (secondary N) is 1. The number of pyridine rings is 2. The van der Waals surface area contributed by atoms with Gasteiger partial charge in [0.05, 0.1) is 11.6 Å². The lowest BCUT2D eigenvalue weighted by molar-refractivity contribution is 0.634. The molecule has 0 aliphatic rings. The smallest absolute Gasteiger partial charge is 0.128 e. The lowest BCUT2D eigenvalue weighted by atomic mass is 9.95. The number of nitrogens with two attached hydrogens (primary N) is 2. The topological polar surface area (TPSA) is 89.8 Å². The molecule has 0 aliphatic carbocycles. The molecule has 1 atom stereocenters. The van der Waals surface area contributed by atoms with Crippen LogP contribution in [0.1, 0.15) is 22.7 Å². The van der Waals surface area contributed by atoms with E-state index >= 15 is 0 Å². The summed E-state index contributed by atoms with van der Waals surface area (Å²) in [7, 11) is 0. The molecule has 0 amide bonds. The van der Waals surface area contributed by atoms with Crippen molar-refractivity contribution in [2.24, 2.45) is 5.84 Å². The maximum absolute atomic E-state index is 6.03. The predicted octanol–water partition coefficient (Wildman–Crippen LogP) is 2.07. The van der Waals surface area contributed by atoms with Gasteiger partial charge in [0.25, 0.3) is 0 Å². The molecule has 1 unspecified atom stereocenters. The van der Waals surface area contributed by atoms with Gasteiger partial charge in [-0.05, 0) is 42.3 Å². The van der Waals surface area contributed by atoms with Gasteiger partial charge in [-0.1, -0.05) is 12.1 Å². The predicted molar refractivity (Wildman–Crippen MR) is 84.3 cm³/mol. The van der Waals surface area contributed by atoms with Crippen LogP contribution in [0.25, 0.3) is 10.9 Å². The van der Waals surface area contributed by atoms with E-state index in [1.54, 1.807) is 12.4 Å². The highest BCUT2D eigenvalue weighted by Gasteiger charge is 2.18. The molecule has 0 fully saturated rings. The molecule has 0 radical (unpaired) electrons. The third kappa shape index (κ3) is 2.44. The second-order valence-electron chi connectivity index (χ2n) is 4.98. The molecule has 3 aromatic rings. The van der Waals surface area contributed by atoms with Crippen LogP contribution >= 0.6 is 0 Å². The van der Waals surface area contributed by atoms with Gasteiger partial charge in [0, 0.05) is 23.3 Å². The Morgan fingerprint density at radius 1 is 1.10 bits per heavy atom. The highest BCUT2D eigenvalue weighted by atomic mass is 15.2. The summed E-state index contributed by atoms with van der Waals surface area (Å²) < 4.78 is 0. The molecule has 0 saturated carbocycles. The van der Waals surface area contributed by atoms with Crippen molar-refractivity contribution in [2.45, 2.75) is 13.0 Å². The molecule has 2 aromatic heterocycles. The van der Waals surface area contributed by atoms with E-state index in [4.69, 9.17) is 11.6 Å². The Hall–Kier alpha value is -2.50. The van der Waals surface area contributed by atoms with Crippen molar-refractivity contribution < 1.29 is 0 Å². The van der Waals surface area contributed by atoms with Gasteiger partial charge in [-0.3, -0.25) is 10.8 Å². The van der Waals surface area contributed by atoms with Gasteiger partial charge >= 0.3 is 0 Å². The second-order valence-corrected chi connectivity index (χ2v) is 4.98. The first-order valence-electron chi connectivity index (χ1n) is 6.72. The van der Waals surface area contributed by atoms with Crippen molar-refractivity contribution >= 4 is 16.7 Å². The number of rotatable bonds is 3. The summed E-state index contributed by atoms with van der Waals surface area (Å²) in [5.41, 5.74) is 12.8. The Kier molecular flexibility index (Phi) is 3.51. The number of hydrazine groups is 1. The SMILES string of the molecule is Cc1ccnc(N)c1C(NN)c1ccc2ncccc2c1. The molecule has 0 saturated heterocycles. The minimum Gasteiger partial charge on any atom is -0.383 e.